The number of carbonyl (C=O) groups is 1. The molecule has 0 bridgehead atoms. The van der Waals surface area contributed by atoms with Gasteiger partial charge in [0, 0.05) is 11.5 Å². The number of carbonyl (C=O) groups excluding carboxylic acids is 1. The molecule has 0 aliphatic carbocycles. The Hall–Kier alpha value is -1.28. The van der Waals surface area contributed by atoms with Gasteiger partial charge in [-0.05, 0) is 19.8 Å². The number of ether oxygens (including phenoxy) is 1. The standard InChI is InChI=1S/C14H18F7O2/c1-8(2)10(22)23-7-5-6-12(17,13(18,19)9(3)4)14(20,21)11(15)16/h9H,1,5-7H2,2-4H3. The molecule has 2 nitrogen and oxygen atoms in total. The molecule has 0 saturated heterocycles. The Balaban J connectivity index is 5.26. The maximum atomic E-state index is 14.4. The lowest BCUT2D eigenvalue weighted by molar-refractivity contribution is -0.277. The van der Waals surface area contributed by atoms with E-state index in [2.05, 4.69) is 11.3 Å². The summed E-state index contributed by atoms with van der Waals surface area (Å²) in [5, 5.41) is 0. The van der Waals surface area contributed by atoms with Crippen LogP contribution in [0.1, 0.15) is 33.6 Å². The molecule has 0 aromatic carbocycles. The van der Waals surface area contributed by atoms with Crippen molar-refractivity contribution in [3.05, 3.63) is 18.6 Å². The molecule has 0 rings (SSSR count). The lowest BCUT2D eigenvalue weighted by atomic mass is 9.80. The molecule has 23 heavy (non-hydrogen) atoms. The van der Waals surface area contributed by atoms with E-state index in [4.69, 9.17) is 0 Å². The molecule has 1 radical (unpaired) electrons. The molecule has 0 spiro atoms. The second kappa shape index (κ2) is 7.53. The molecule has 0 aromatic heterocycles. The van der Waals surface area contributed by atoms with Crippen molar-refractivity contribution in [3.63, 3.8) is 0 Å². The van der Waals surface area contributed by atoms with Crippen molar-refractivity contribution in [1.29, 1.82) is 0 Å². The summed E-state index contributed by atoms with van der Waals surface area (Å²) >= 11 is 0. The Morgan fingerprint density at radius 1 is 1.13 bits per heavy atom. The Labute approximate surface area is 129 Å². The van der Waals surface area contributed by atoms with Crippen molar-refractivity contribution in [2.45, 2.75) is 51.1 Å². The quantitative estimate of drug-likeness (QED) is 0.254. The second-order valence-electron chi connectivity index (χ2n) is 5.43. The van der Waals surface area contributed by atoms with Gasteiger partial charge < -0.3 is 4.74 Å². The fourth-order valence-electron chi connectivity index (χ4n) is 1.74. The van der Waals surface area contributed by atoms with Gasteiger partial charge in [0.05, 0.1) is 6.61 Å². The summed E-state index contributed by atoms with van der Waals surface area (Å²) in [5.41, 5.74) is -4.85. The topological polar surface area (TPSA) is 26.3 Å². The third-order valence-electron chi connectivity index (χ3n) is 3.24. The van der Waals surface area contributed by atoms with E-state index in [1.54, 1.807) is 0 Å². The molecule has 1 unspecified atom stereocenters. The van der Waals surface area contributed by atoms with E-state index in [0.717, 1.165) is 13.8 Å². The van der Waals surface area contributed by atoms with Gasteiger partial charge in [-0.2, -0.15) is 17.6 Å². The van der Waals surface area contributed by atoms with Crippen LogP contribution >= 0.6 is 0 Å². The lowest BCUT2D eigenvalue weighted by Gasteiger charge is -2.40. The van der Waals surface area contributed by atoms with Crippen molar-refractivity contribution < 1.29 is 40.3 Å². The molecule has 0 fully saturated rings. The van der Waals surface area contributed by atoms with Crippen LogP contribution in [0.2, 0.25) is 0 Å². The van der Waals surface area contributed by atoms with Crippen LogP contribution in [0.25, 0.3) is 0 Å². The number of halogens is 7. The van der Waals surface area contributed by atoms with Gasteiger partial charge in [0.15, 0.2) is 0 Å². The van der Waals surface area contributed by atoms with E-state index in [1.807, 2.05) is 0 Å². The zero-order chi connectivity index (χ0) is 18.6. The van der Waals surface area contributed by atoms with Crippen molar-refractivity contribution in [3.8, 4) is 0 Å². The molecule has 0 aliphatic heterocycles. The summed E-state index contributed by atoms with van der Waals surface area (Å²) in [6, 6.07) is 0. The first kappa shape index (κ1) is 21.7. The van der Waals surface area contributed by atoms with Gasteiger partial charge >= 0.3 is 18.3 Å². The van der Waals surface area contributed by atoms with E-state index in [-0.39, 0.29) is 5.57 Å². The molecule has 0 aliphatic rings. The highest BCUT2D eigenvalue weighted by Crippen LogP contribution is 2.54. The van der Waals surface area contributed by atoms with Gasteiger partial charge in [0.2, 0.25) is 5.67 Å². The zero-order valence-corrected chi connectivity index (χ0v) is 12.9. The monoisotopic (exact) mass is 351 g/mol. The number of rotatable bonds is 9. The van der Waals surface area contributed by atoms with Gasteiger partial charge in [-0.3, -0.25) is 0 Å². The number of esters is 1. The molecule has 9 heteroatoms. The highest BCUT2D eigenvalue weighted by Gasteiger charge is 2.74. The Kier molecular flexibility index (Phi) is 7.11. The average molecular weight is 351 g/mol. The van der Waals surface area contributed by atoms with Crippen LogP contribution in [0.3, 0.4) is 0 Å². The number of hydrogen-bond acceptors (Lipinski definition) is 2. The normalized spacial score (nSPS) is 15.7. The van der Waals surface area contributed by atoms with Gasteiger partial charge in [0.1, 0.15) is 0 Å². The van der Waals surface area contributed by atoms with Gasteiger partial charge in [-0.25, -0.2) is 18.0 Å². The summed E-state index contributed by atoms with van der Waals surface area (Å²) in [5.74, 6) is -13.2. The second-order valence-corrected chi connectivity index (χ2v) is 5.43. The molecule has 0 heterocycles. The van der Waals surface area contributed by atoms with Crippen molar-refractivity contribution in [1.82, 2.24) is 0 Å². The number of hydrogen-bond donors (Lipinski definition) is 0. The average Bonchev–Trinajstić information content (AvgIpc) is 2.41. The minimum atomic E-state index is -5.64. The minimum Gasteiger partial charge on any atom is -0.462 e. The zero-order valence-electron chi connectivity index (χ0n) is 12.9. The molecule has 135 valence electrons. The molecule has 1 atom stereocenters. The van der Waals surface area contributed by atoms with E-state index in [0.29, 0.717) is 0 Å². The molecule has 0 N–H and O–H groups in total. The van der Waals surface area contributed by atoms with Crippen LogP contribution < -0.4 is 0 Å². The Morgan fingerprint density at radius 2 is 1.61 bits per heavy atom. The first-order valence-corrected chi connectivity index (χ1v) is 6.67. The predicted octanol–water partition coefficient (Wildman–Crippen LogP) is 4.95. The largest absolute Gasteiger partial charge is 0.462 e. The summed E-state index contributed by atoms with van der Waals surface area (Å²) in [4.78, 5) is 11.0. The minimum absolute atomic E-state index is 0.0440. The first-order valence-electron chi connectivity index (χ1n) is 6.67. The number of alkyl halides is 5. The van der Waals surface area contributed by atoms with Crippen LogP contribution in [0.4, 0.5) is 30.7 Å². The van der Waals surface area contributed by atoms with Crippen LogP contribution in [0.5, 0.6) is 0 Å². The molecule has 0 amide bonds. The maximum absolute atomic E-state index is 14.4. The molecule has 0 aromatic rings. The van der Waals surface area contributed by atoms with Gasteiger partial charge in [-0.1, -0.05) is 20.4 Å². The van der Waals surface area contributed by atoms with Crippen molar-refractivity contribution in [2.24, 2.45) is 5.92 Å². The highest BCUT2D eigenvalue weighted by atomic mass is 19.3. The van der Waals surface area contributed by atoms with Gasteiger partial charge in [0.25, 0.3) is 5.92 Å². The van der Waals surface area contributed by atoms with E-state index < -0.39 is 55.3 Å². The van der Waals surface area contributed by atoms with E-state index in [1.165, 1.54) is 6.92 Å². The van der Waals surface area contributed by atoms with Gasteiger partial charge in [-0.15, -0.1) is 0 Å². The molecular formula is C14H18F7O2. The fraction of sp³-hybridized carbons (Fsp3) is 0.714. The Morgan fingerprint density at radius 3 is 1.96 bits per heavy atom. The summed E-state index contributed by atoms with van der Waals surface area (Å²) in [6.07, 6.45) is -6.15. The third kappa shape index (κ3) is 4.38. The summed E-state index contributed by atoms with van der Waals surface area (Å²) in [7, 11) is 0. The van der Waals surface area contributed by atoms with Crippen LogP contribution in [-0.2, 0) is 9.53 Å². The van der Waals surface area contributed by atoms with Crippen LogP contribution in [0, 0.1) is 12.3 Å². The molecular weight excluding hydrogens is 333 g/mol. The first-order chi connectivity index (χ1) is 10.2. The SMILES string of the molecule is C=C(C)C(=O)OCCCC(F)(C(F)(F)[C](F)F)C(F)(F)C(C)C. The highest BCUT2D eigenvalue weighted by molar-refractivity contribution is 5.86. The Bertz CT molecular complexity index is 413. The predicted molar refractivity (Wildman–Crippen MR) is 69.0 cm³/mol. The fourth-order valence-corrected chi connectivity index (χ4v) is 1.74. The summed E-state index contributed by atoms with van der Waals surface area (Å²) < 4.78 is 98.0. The molecule has 0 saturated carbocycles. The third-order valence-corrected chi connectivity index (χ3v) is 3.24. The van der Waals surface area contributed by atoms with E-state index in [9.17, 15) is 35.5 Å². The summed E-state index contributed by atoms with van der Waals surface area (Å²) in [6.45, 7) is 5.28. The lowest BCUT2D eigenvalue weighted by Crippen LogP contribution is -2.60. The van der Waals surface area contributed by atoms with Crippen LogP contribution in [0.15, 0.2) is 12.2 Å². The van der Waals surface area contributed by atoms with E-state index >= 15 is 0 Å². The van der Waals surface area contributed by atoms with Crippen molar-refractivity contribution >= 4 is 5.97 Å². The van der Waals surface area contributed by atoms with Crippen LogP contribution in [-0.4, -0.2) is 30.1 Å². The smallest absolute Gasteiger partial charge is 0.381 e. The maximum Gasteiger partial charge on any atom is 0.381 e. The van der Waals surface area contributed by atoms with Crippen molar-refractivity contribution in [2.75, 3.05) is 6.61 Å².